The Morgan fingerprint density at radius 2 is 2.17 bits per heavy atom. The third-order valence-corrected chi connectivity index (χ3v) is 2.81. The molecule has 0 saturated heterocycles. The molecule has 92 valence electrons. The van der Waals surface area contributed by atoms with Gasteiger partial charge in [0.1, 0.15) is 11.9 Å². The van der Waals surface area contributed by atoms with E-state index in [9.17, 15) is 10.1 Å². The molecule has 5 nitrogen and oxygen atoms in total. The second-order valence-electron chi connectivity index (χ2n) is 3.65. The third kappa shape index (κ3) is 2.65. The van der Waals surface area contributed by atoms with Gasteiger partial charge in [-0.1, -0.05) is 12.1 Å². The van der Waals surface area contributed by atoms with Crippen LogP contribution in [0.4, 0.5) is 5.69 Å². The van der Waals surface area contributed by atoms with E-state index in [1.54, 1.807) is 12.1 Å². The van der Waals surface area contributed by atoms with Crippen molar-refractivity contribution in [3.05, 3.63) is 56.8 Å². The van der Waals surface area contributed by atoms with Crippen molar-refractivity contribution in [2.45, 2.75) is 6.92 Å². The fraction of sp³-hybridized carbons (Fsp3) is 0.0833. The number of hydrogen-bond donors (Lipinski definition) is 0. The fourth-order valence-electron chi connectivity index (χ4n) is 1.44. The minimum atomic E-state index is -0.525. The number of halogens is 1. The lowest BCUT2D eigenvalue weighted by Crippen LogP contribution is -1.95. The van der Waals surface area contributed by atoms with Gasteiger partial charge in [-0.2, -0.15) is 0 Å². The number of rotatable bonds is 3. The van der Waals surface area contributed by atoms with E-state index in [0.717, 1.165) is 11.8 Å². The van der Waals surface area contributed by atoms with Crippen molar-refractivity contribution in [3.8, 4) is 11.5 Å². The predicted octanol–water partition coefficient (Wildman–Crippen LogP) is 3.85. The molecule has 0 fully saturated rings. The van der Waals surface area contributed by atoms with Crippen molar-refractivity contribution in [2.24, 2.45) is 0 Å². The molecule has 0 spiro atoms. The van der Waals surface area contributed by atoms with Gasteiger partial charge in [-0.15, -0.1) is 0 Å². The Morgan fingerprint density at radius 1 is 1.39 bits per heavy atom. The van der Waals surface area contributed by atoms with Crippen molar-refractivity contribution in [1.29, 1.82) is 0 Å². The minimum Gasteiger partial charge on any atom is -0.449 e. The maximum atomic E-state index is 10.9. The number of nitrogens with zero attached hydrogens (tertiary/aromatic N) is 2. The van der Waals surface area contributed by atoms with E-state index in [2.05, 4.69) is 20.9 Å². The maximum Gasteiger partial charge on any atom is 0.330 e. The van der Waals surface area contributed by atoms with Crippen molar-refractivity contribution in [3.63, 3.8) is 0 Å². The highest BCUT2D eigenvalue weighted by Gasteiger charge is 2.19. The molecule has 0 aliphatic carbocycles. The van der Waals surface area contributed by atoms with Crippen molar-refractivity contribution < 1.29 is 9.66 Å². The Kier molecular flexibility index (Phi) is 3.57. The molecule has 1 heterocycles. The van der Waals surface area contributed by atoms with E-state index in [0.29, 0.717) is 10.2 Å². The first-order valence-electron chi connectivity index (χ1n) is 5.10. The van der Waals surface area contributed by atoms with Crippen LogP contribution in [0.2, 0.25) is 0 Å². The van der Waals surface area contributed by atoms with E-state index >= 15 is 0 Å². The summed E-state index contributed by atoms with van der Waals surface area (Å²) in [6.07, 6.45) is 2.62. The van der Waals surface area contributed by atoms with Crippen LogP contribution in [-0.2, 0) is 0 Å². The van der Waals surface area contributed by atoms with Crippen LogP contribution in [0.15, 0.2) is 41.1 Å². The number of pyridine rings is 1. The molecule has 0 saturated carbocycles. The number of hydrogen-bond acceptors (Lipinski definition) is 4. The average molecular weight is 309 g/mol. The lowest BCUT2D eigenvalue weighted by Gasteiger charge is -2.08. The summed E-state index contributed by atoms with van der Waals surface area (Å²) in [4.78, 5) is 14.1. The van der Waals surface area contributed by atoms with Gasteiger partial charge in [0.2, 0.25) is 5.75 Å². The van der Waals surface area contributed by atoms with Crippen molar-refractivity contribution >= 4 is 21.6 Å². The van der Waals surface area contributed by atoms with Crippen LogP contribution in [0, 0.1) is 17.0 Å². The summed E-state index contributed by atoms with van der Waals surface area (Å²) in [6, 6.07) is 7.29. The quantitative estimate of drug-likeness (QED) is 0.638. The molecular formula is C12H9BrN2O3. The van der Waals surface area contributed by atoms with Gasteiger partial charge in [0, 0.05) is 6.20 Å². The summed E-state index contributed by atoms with van der Waals surface area (Å²) in [5.41, 5.74) is 0.839. The van der Waals surface area contributed by atoms with Crippen molar-refractivity contribution in [2.75, 3.05) is 0 Å². The molecule has 0 N–H and O–H groups in total. The van der Waals surface area contributed by atoms with Gasteiger partial charge in [-0.05, 0) is 40.5 Å². The Hall–Kier alpha value is -1.95. The van der Waals surface area contributed by atoms with Gasteiger partial charge in [-0.25, -0.2) is 0 Å². The van der Waals surface area contributed by atoms with Gasteiger partial charge in [-0.3, -0.25) is 15.1 Å². The van der Waals surface area contributed by atoms with Crippen LogP contribution in [0.1, 0.15) is 5.56 Å². The Morgan fingerprint density at radius 3 is 2.83 bits per heavy atom. The van der Waals surface area contributed by atoms with Gasteiger partial charge >= 0.3 is 5.69 Å². The normalized spacial score (nSPS) is 10.1. The van der Waals surface area contributed by atoms with Gasteiger partial charge in [0.05, 0.1) is 9.40 Å². The largest absolute Gasteiger partial charge is 0.449 e. The summed E-state index contributed by atoms with van der Waals surface area (Å²) >= 11 is 3.20. The summed E-state index contributed by atoms with van der Waals surface area (Å²) in [5, 5.41) is 10.9. The molecule has 6 heteroatoms. The van der Waals surface area contributed by atoms with Crippen LogP contribution in [-0.4, -0.2) is 9.91 Å². The lowest BCUT2D eigenvalue weighted by atomic mass is 10.2. The minimum absolute atomic E-state index is 0.153. The topological polar surface area (TPSA) is 65.3 Å². The highest BCUT2D eigenvalue weighted by molar-refractivity contribution is 9.10. The Labute approximate surface area is 112 Å². The van der Waals surface area contributed by atoms with Crippen molar-refractivity contribution in [1.82, 2.24) is 4.98 Å². The third-order valence-electron chi connectivity index (χ3n) is 2.24. The molecule has 18 heavy (non-hydrogen) atoms. The molecule has 0 radical (unpaired) electrons. The number of aromatic nitrogens is 1. The highest BCUT2D eigenvalue weighted by Crippen LogP contribution is 2.37. The van der Waals surface area contributed by atoms with Gasteiger partial charge < -0.3 is 4.74 Å². The van der Waals surface area contributed by atoms with E-state index in [1.165, 1.54) is 6.20 Å². The van der Waals surface area contributed by atoms with Crippen LogP contribution in [0.25, 0.3) is 0 Å². The zero-order valence-electron chi connectivity index (χ0n) is 9.46. The molecule has 2 rings (SSSR count). The van der Waals surface area contributed by atoms with E-state index in [1.807, 2.05) is 19.1 Å². The van der Waals surface area contributed by atoms with E-state index in [-0.39, 0.29) is 11.4 Å². The highest BCUT2D eigenvalue weighted by atomic mass is 79.9. The molecule has 0 amide bonds. The molecule has 2 aromatic rings. The Bertz CT molecular complexity index is 602. The number of aryl methyl sites for hydroxylation is 1. The van der Waals surface area contributed by atoms with Crippen LogP contribution in [0.5, 0.6) is 11.5 Å². The van der Waals surface area contributed by atoms with Crippen LogP contribution in [0.3, 0.4) is 0 Å². The molecule has 1 aromatic carbocycles. The number of ether oxygens (including phenoxy) is 1. The molecule has 0 atom stereocenters. The van der Waals surface area contributed by atoms with Gasteiger partial charge in [0.15, 0.2) is 0 Å². The summed E-state index contributed by atoms with van der Waals surface area (Å²) in [6.45, 7) is 1.92. The molecule has 0 bridgehead atoms. The monoisotopic (exact) mass is 308 g/mol. The maximum absolute atomic E-state index is 10.9. The zero-order chi connectivity index (χ0) is 13.1. The molecule has 0 unspecified atom stereocenters. The predicted molar refractivity (Wildman–Crippen MR) is 69.8 cm³/mol. The summed E-state index contributed by atoms with van der Waals surface area (Å²) in [7, 11) is 0. The standard InChI is InChI=1S/C12H9BrN2O3/c1-8-3-2-4-9(5-8)18-12-10(13)6-14-7-11(12)15(16)17/h2-7H,1H3. The second-order valence-corrected chi connectivity index (χ2v) is 4.50. The first-order chi connectivity index (χ1) is 8.58. The average Bonchev–Trinajstić information content (AvgIpc) is 2.31. The first-order valence-corrected chi connectivity index (χ1v) is 5.89. The van der Waals surface area contributed by atoms with E-state index in [4.69, 9.17) is 4.74 Å². The van der Waals surface area contributed by atoms with E-state index < -0.39 is 4.92 Å². The molecule has 0 aliphatic heterocycles. The fourth-order valence-corrected chi connectivity index (χ4v) is 1.84. The number of benzene rings is 1. The Balaban J connectivity index is 2.42. The molecular weight excluding hydrogens is 300 g/mol. The van der Waals surface area contributed by atoms with Crippen LogP contribution >= 0.6 is 15.9 Å². The first kappa shape index (κ1) is 12.5. The molecule has 0 aliphatic rings. The lowest BCUT2D eigenvalue weighted by molar-refractivity contribution is -0.386. The smallest absolute Gasteiger partial charge is 0.330 e. The van der Waals surface area contributed by atoms with Crippen LogP contribution < -0.4 is 4.74 Å². The van der Waals surface area contributed by atoms with Gasteiger partial charge in [0.25, 0.3) is 0 Å². The zero-order valence-corrected chi connectivity index (χ0v) is 11.0. The summed E-state index contributed by atoms with van der Waals surface area (Å²) < 4.78 is 6.00. The SMILES string of the molecule is Cc1cccc(Oc2c(Br)cncc2[N+](=O)[O-])c1. The number of nitro groups is 1. The second kappa shape index (κ2) is 5.14. The summed E-state index contributed by atoms with van der Waals surface area (Å²) in [5.74, 6) is 0.700. The molecule has 1 aromatic heterocycles.